The van der Waals surface area contributed by atoms with Crippen LogP contribution in [0.15, 0.2) is 48.5 Å². The quantitative estimate of drug-likeness (QED) is 0.790. The van der Waals surface area contributed by atoms with Crippen molar-refractivity contribution < 1.29 is 9.18 Å². The Kier molecular flexibility index (Phi) is 7.04. The van der Waals surface area contributed by atoms with E-state index in [1.807, 2.05) is 19.1 Å². The largest absolute Gasteiger partial charge is 0.369 e. The van der Waals surface area contributed by atoms with Crippen LogP contribution in [0, 0.1) is 5.82 Å². The highest BCUT2D eigenvalue weighted by Gasteiger charge is 2.20. The second-order valence-electron chi connectivity index (χ2n) is 7.52. The number of halogens is 1. The number of carbonyl (C=O) groups is 1. The van der Waals surface area contributed by atoms with E-state index in [9.17, 15) is 9.18 Å². The van der Waals surface area contributed by atoms with E-state index in [1.165, 1.54) is 17.7 Å². The summed E-state index contributed by atoms with van der Waals surface area (Å²) in [5.74, 6) is -0.159. The Morgan fingerprint density at radius 2 is 1.68 bits per heavy atom. The molecule has 1 amide bonds. The Balaban J connectivity index is 1.44. The number of rotatable bonds is 7. The first-order chi connectivity index (χ1) is 13.5. The van der Waals surface area contributed by atoms with Crippen molar-refractivity contribution in [3.05, 3.63) is 65.5 Å². The molecule has 1 aliphatic heterocycles. The number of hydrogen-bond acceptors (Lipinski definition) is 3. The summed E-state index contributed by atoms with van der Waals surface area (Å²) in [7, 11) is 0. The van der Waals surface area contributed by atoms with Gasteiger partial charge in [-0.1, -0.05) is 37.6 Å². The number of anilines is 1. The van der Waals surface area contributed by atoms with Gasteiger partial charge in [-0.3, -0.25) is 9.69 Å². The lowest BCUT2D eigenvalue weighted by atomic mass is 10.0. The predicted molar refractivity (Wildman–Crippen MR) is 112 cm³/mol. The van der Waals surface area contributed by atoms with E-state index in [-0.39, 0.29) is 17.8 Å². The molecule has 28 heavy (non-hydrogen) atoms. The highest BCUT2D eigenvalue weighted by atomic mass is 19.1. The van der Waals surface area contributed by atoms with Gasteiger partial charge in [0.25, 0.3) is 0 Å². The lowest BCUT2D eigenvalue weighted by Crippen LogP contribution is -2.49. The summed E-state index contributed by atoms with van der Waals surface area (Å²) in [6.45, 7) is 7.95. The van der Waals surface area contributed by atoms with Crippen molar-refractivity contribution in [3.8, 4) is 0 Å². The molecule has 1 N–H and O–H groups in total. The average molecular weight is 384 g/mol. The van der Waals surface area contributed by atoms with Gasteiger partial charge < -0.3 is 10.2 Å². The summed E-state index contributed by atoms with van der Waals surface area (Å²) in [5.41, 5.74) is 3.50. The lowest BCUT2D eigenvalue weighted by molar-refractivity contribution is -0.123. The minimum Gasteiger partial charge on any atom is -0.369 e. The van der Waals surface area contributed by atoms with E-state index in [0.717, 1.165) is 50.3 Å². The third-order valence-corrected chi connectivity index (χ3v) is 5.33. The monoisotopic (exact) mass is 383 g/mol. The van der Waals surface area contributed by atoms with E-state index < -0.39 is 0 Å². The Morgan fingerprint density at radius 1 is 1.04 bits per heavy atom. The van der Waals surface area contributed by atoms with Crippen LogP contribution in [-0.4, -0.2) is 43.5 Å². The third kappa shape index (κ3) is 5.55. The smallest absolute Gasteiger partial charge is 0.234 e. The number of amides is 1. The standard InChI is InChI=1S/C23H30FN3O/c1-3-4-19-5-7-20(8-6-19)18(2)25-23(28)17-26-13-15-27(16-14-26)22-11-9-21(24)10-12-22/h5-12,18H,3-4,13-17H2,1-2H3,(H,25,28). The maximum Gasteiger partial charge on any atom is 0.234 e. The van der Waals surface area contributed by atoms with Gasteiger partial charge in [0, 0.05) is 31.9 Å². The first-order valence-electron chi connectivity index (χ1n) is 10.2. The molecule has 0 saturated carbocycles. The van der Waals surface area contributed by atoms with Gasteiger partial charge in [0.2, 0.25) is 5.91 Å². The van der Waals surface area contributed by atoms with Crippen molar-refractivity contribution in [1.82, 2.24) is 10.2 Å². The summed E-state index contributed by atoms with van der Waals surface area (Å²) < 4.78 is 13.1. The minimum absolute atomic E-state index is 0.00341. The average Bonchev–Trinajstić information content (AvgIpc) is 2.70. The van der Waals surface area contributed by atoms with Crippen LogP contribution < -0.4 is 10.2 Å². The van der Waals surface area contributed by atoms with Gasteiger partial charge in [0.15, 0.2) is 0 Å². The number of nitrogens with zero attached hydrogens (tertiary/aromatic N) is 2. The maximum atomic E-state index is 13.1. The summed E-state index contributed by atoms with van der Waals surface area (Å²) in [5, 5.41) is 3.11. The van der Waals surface area contributed by atoms with Gasteiger partial charge in [0.1, 0.15) is 5.82 Å². The highest BCUT2D eigenvalue weighted by molar-refractivity contribution is 5.78. The van der Waals surface area contributed by atoms with Crippen molar-refractivity contribution in [1.29, 1.82) is 0 Å². The molecule has 4 nitrogen and oxygen atoms in total. The third-order valence-electron chi connectivity index (χ3n) is 5.33. The van der Waals surface area contributed by atoms with Gasteiger partial charge in [-0.25, -0.2) is 4.39 Å². The van der Waals surface area contributed by atoms with Crippen LogP contribution >= 0.6 is 0 Å². The Labute approximate surface area is 167 Å². The van der Waals surface area contributed by atoms with Gasteiger partial charge >= 0.3 is 0 Å². The van der Waals surface area contributed by atoms with Crippen LogP contribution in [0.2, 0.25) is 0 Å². The summed E-state index contributed by atoms with van der Waals surface area (Å²) in [6.07, 6.45) is 2.23. The number of piperazine rings is 1. The molecule has 1 saturated heterocycles. The second kappa shape index (κ2) is 9.69. The molecule has 0 aromatic heterocycles. The number of benzene rings is 2. The highest BCUT2D eigenvalue weighted by Crippen LogP contribution is 2.17. The molecule has 1 fully saturated rings. The molecule has 1 aliphatic rings. The van der Waals surface area contributed by atoms with E-state index in [1.54, 1.807) is 0 Å². The second-order valence-corrected chi connectivity index (χ2v) is 7.52. The van der Waals surface area contributed by atoms with Crippen molar-refractivity contribution >= 4 is 11.6 Å². The minimum atomic E-state index is -0.215. The van der Waals surface area contributed by atoms with Gasteiger partial charge in [-0.15, -0.1) is 0 Å². The molecular weight excluding hydrogens is 353 g/mol. The fraction of sp³-hybridized carbons (Fsp3) is 0.435. The normalized spacial score (nSPS) is 16.0. The molecule has 1 heterocycles. The van der Waals surface area contributed by atoms with Crippen LogP contribution in [0.4, 0.5) is 10.1 Å². The van der Waals surface area contributed by atoms with Crippen molar-refractivity contribution in [2.75, 3.05) is 37.6 Å². The number of aryl methyl sites for hydroxylation is 1. The summed E-state index contributed by atoms with van der Waals surface area (Å²) in [6, 6.07) is 15.1. The van der Waals surface area contributed by atoms with Gasteiger partial charge in [-0.2, -0.15) is 0 Å². The van der Waals surface area contributed by atoms with Crippen LogP contribution in [0.1, 0.15) is 37.4 Å². The first kappa shape index (κ1) is 20.3. The molecule has 1 unspecified atom stereocenters. The number of hydrogen-bond donors (Lipinski definition) is 1. The Bertz CT molecular complexity index is 752. The molecule has 0 bridgehead atoms. The van der Waals surface area contributed by atoms with Crippen LogP contribution in [-0.2, 0) is 11.2 Å². The molecule has 0 radical (unpaired) electrons. The molecule has 2 aromatic rings. The van der Waals surface area contributed by atoms with E-state index in [2.05, 4.69) is 46.3 Å². The molecular formula is C23H30FN3O. The predicted octanol–water partition coefficient (Wildman–Crippen LogP) is 3.78. The van der Waals surface area contributed by atoms with E-state index in [4.69, 9.17) is 0 Å². The molecule has 0 aliphatic carbocycles. The number of nitrogens with one attached hydrogen (secondary N) is 1. The first-order valence-corrected chi connectivity index (χ1v) is 10.2. The fourth-order valence-electron chi connectivity index (χ4n) is 3.65. The van der Waals surface area contributed by atoms with Crippen molar-refractivity contribution in [2.24, 2.45) is 0 Å². The zero-order valence-electron chi connectivity index (χ0n) is 16.8. The van der Waals surface area contributed by atoms with Gasteiger partial charge in [-0.05, 0) is 48.7 Å². The maximum absolute atomic E-state index is 13.1. The molecule has 5 heteroatoms. The van der Waals surface area contributed by atoms with Crippen molar-refractivity contribution in [2.45, 2.75) is 32.7 Å². The molecule has 0 spiro atoms. The SMILES string of the molecule is CCCc1ccc(C(C)NC(=O)CN2CCN(c3ccc(F)cc3)CC2)cc1. The molecule has 1 atom stereocenters. The van der Waals surface area contributed by atoms with Crippen molar-refractivity contribution in [3.63, 3.8) is 0 Å². The molecule has 3 rings (SSSR count). The van der Waals surface area contributed by atoms with Crippen LogP contribution in [0.25, 0.3) is 0 Å². The number of carbonyl (C=O) groups excluding carboxylic acids is 1. The molecule has 2 aromatic carbocycles. The summed E-state index contributed by atoms with van der Waals surface area (Å²) >= 11 is 0. The van der Waals surface area contributed by atoms with Crippen LogP contribution in [0.5, 0.6) is 0 Å². The lowest BCUT2D eigenvalue weighted by Gasteiger charge is -2.35. The topological polar surface area (TPSA) is 35.6 Å². The van der Waals surface area contributed by atoms with E-state index in [0.29, 0.717) is 6.54 Å². The summed E-state index contributed by atoms with van der Waals surface area (Å²) in [4.78, 5) is 16.8. The Hall–Kier alpha value is -2.40. The van der Waals surface area contributed by atoms with Crippen LogP contribution in [0.3, 0.4) is 0 Å². The zero-order chi connectivity index (χ0) is 19.9. The fourth-order valence-corrected chi connectivity index (χ4v) is 3.65. The zero-order valence-corrected chi connectivity index (χ0v) is 16.8. The van der Waals surface area contributed by atoms with Gasteiger partial charge in [0.05, 0.1) is 12.6 Å². The Morgan fingerprint density at radius 3 is 2.29 bits per heavy atom. The van der Waals surface area contributed by atoms with E-state index >= 15 is 0 Å². The molecule has 150 valence electrons.